The lowest BCUT2D eigenvalue weighted by Gasteiger charge is -2.49. The summed E-state index contributed by atoms with van der Waals surface area (Å²) in [6, 6.07) is -4.70. The maximum Gasteiger partial charge on any atom is 0.217 e. The van der Waals surface area contributed by atoms with Gasteiger partial charge in [-0.25, -0.2) is 0 Å². The molecule has 0 spiro atoms. The molecule has 0 saturated carbocycles. The van der Waals surface area contributed by atoms with Gasteiger partial charge in [0.25, 0.3) is 0 Å². The molecule has 29 heteroatoms. The molecular weight excluding hydrogens is 890 g/mol. The molecule has 0 unspecified atom stereocenters. The Bertz CT molecular complexity index is 1510. The topological polar surface area (TPSA) is 465 Å². The Hall–Kier alpha value is -2.51. The Morgan fingerprint density at radius 1 is 0.523 bits per heavy atom. The maximum absolute atomic E-state index is 12.3. The van der Waals surface area contributed by atoms with E-state index in [-0.39, 0.29) is 0 Å². The summed E-state index contributed by atoms with van der Waals surface area (Å²) in [6.45, 7) is -2.40. The van der Waals surface area contributed by atoms with E-state index in [1.54, 1.807) is 0 Å². The number of hydrogen-bond acceptors (Lipinski definition) is 26. The molecule has 4 aliphatic rings. The van der Waals surface area contributed by atoms with Gasteiger partial charge in [0, 0.05) is 20.8 Å². The van der Waals surface area contributed by atoms with Gasteiger partial charge in [-0.1, -0.05) is 0 Å². The van der Waals surface area contributed by atoms with Crippen molar-refractivity contribution in [2.24, 2.45) is 0 Å². The van der Waals surface area contributed by atoms with E-state index in [1.807, 2.05) is 0 Å². The minimum absolute atomic E-state index is 0.706. The van der Waals surface area contributed by atoms with Crippen molar-refractivity contribution in [2.75, 3.05) is 39.6 Å². The van der Waals surface area contributed by atoms with Gasteiger partial charge in [-0.05, 0) is 0 Å². The molecule has 4 aliphatic heterocycles. The largest absolute Gasteiger partial charge is 0.394 e. The van der Waals surface area contributed by atoms with E-state index in [1.165, 1.54) is 0 Å². The van der Waals surface area contributed by atoms with Gasteiger partial charge < -0.3 is 130 Å². The summed E-state index contributed by atoms with van der Waals surface area (Å²) < 4.78 is 45.1. The van der Waals surface area contributed by atoms with Crippen molar-refractivity contribution in [1.82, 2.24) is 16.0 Å². The summed E-state index contributed by atoms with van der Waals surface area (Å²) in [5.41, 5.74) is 0. The molecule has 4 heterocycles. The number of carbonyl (C=O) groups excluding carboxylic acids is 3. The fraction of sp³-hybridized carbons (Fsp3) is 0.917. The number of carbonyl (C=O) groups is 3. The predicted octanol–water partition coefficient (Wildman–Crippen LogP) is -11.9. The van der Waals surface area contributed by atoms with Crippen LogP contribution in [0.2, 0.25) is 0 Å². The Morgan fingerprint density at radius 2 is 0.969 bits per heavy atom. The average molecular weight is 954 g/mol. The van der Waals surface area contributed by atoms with E-state index in [0.717, 1.165) is 20.8 Å². The maximum atomic E-state index is 12.3. The third-order valence-corrected chi connectivity index (χ3v) is 11.2. The van der Waals surface area contributed by atoms with Crippen LogP contribution in [0.25, 0.3) is 0 Å². The zero-order valence-corrected chi connectivity index (χ0v) is 35.3. The molecule has 378 valence electrons. The highest BCUT2D eigenvalue weighted by atomic mass is 16.8. The van der Waals surface area contributed by atoms with Crippen molar-refractivity contribution in [2.45, 2.75) is 168 Å². The monoisotopic (exact) mass is 953 g/mol. The first kappa shape index (κ1) is 55.1. The molecule has 0 bridgehead atoms. The summed E-state index contributed by atoms with van der Waals surface area (Å²) >= 11 is 0. The standard InChI is InChI=1S/C36H63N3O26/c1-10(45)37-13(4-40)30(63-35-28(56)26(54)23(51)16(6-42)60-35)21(49)14(48)9-58-33-20(39-12(3)47)25(53)31(17(7-43)61-33)65-36-29(57)27(55)32(18(8-44)62-36)64-34-19(38-11(2)46)24(52)22(50)15(5-41)59-34/h13-36,40-44,48-57H,4-9H2,1-3H3,(H,37,45)(H,38,46)(H,39,47)/t13-,14+,15+,16+,17+,18+,19+,20+,21-,22+,23-,24+,25+,26-,27+,28+,29+,30+,31+,32-,33+,34+,35-,36-/m0/s1. The van der Waals surface area contributed by atoms with Crippen LogP contribution in [-0.4, -0.2) is 281 Å². The van der Waals surface area contributed by atoms with Gasteiger partial charge in [-0.15, -0.1) is 0 Å². The van der Waals surface area contributed by atoms with Gasteiger partial charge in [-0.2, -0.15) is 0 Å². The van der Waals surface area contributed by atoms with Crippen LogP contribution in [0.5, 0.6) is 0 Å². The first-order valence-corrected chi connectivity index (χ1v) is 20.5. The van der Waals surface area contributed by atoms with Crippen LogP contribution >= 0.6 is 0 Å². The molecule has 3 amide bonds. The van der Waals surface area contributed by atoms with Crippen molar-refractivity contribution < 1.29 is 129 Å². The minimum atomic E-state index is -2.18. The van der Waals surface area contributed by atoms with Gasteiger partial charge >= 0.3 is 0 Å². The fourth-order valence-corrected chi connectivity index (χ4v) is 7.75. The molecule has 4 saturated heterocycles. The minimum Gasteiger partial charge on any atom is -0.394 e. The normalized spacial score (nSPS) is 42.0. The number of amides is 3. The molecule has 0 aliphatic carbocycles. The van der Waals surface area contributed by atoms with Crippen LogP contribution in [0.15, 0.2) is 0 Å². The van der Waals surface area contributed by atoms with Crippen molar-refractivity contribution in [1.29, 1.82) is 0 Å². The Kier molecular flexibility index (Phi) is 20.9. The van der Waals surface area contributed by atoms with Crippen molar-refractivity contribution in [3.05, 3.63) is 0 Å². The summed E-state index contributed by atoms with van der Waals surface area (Å²) in [7, 11) is 0. The Balaban J connectivity index is 1.50. The lowest BCUT2D eigenvalue weighted by atomic mass is 9.94. The van der Waals surface area contributed by atoms with Gasteiger partial charge in [0.2, 0.25) is 17.7 Å². The molecule has 24 atom stereocenters. The lowest BCUT2D eigenvalue weighted by molar-refractivity contribution is -0.368. The van der Waals surface area contributed by atoms with E-state index in [9.17, 15) is 91.0 Å². The molecule has 4 rings (SSSR count). The summed E-state index contributed by atoms with van der Waals surface area (Å²) in [4.78, 5) is 36.2. The Morgan fingerprint density at radius 3 is 1.48 bits per heavy atom. The van der Waals surface area contributed by atoms with Crippen molar-refractivity contribution in [3.8, 4) is 0 Å². The van der Waals surface area contributed by atoms with Crippen molar-refractivity contribution >= 4 is 17.7 Å². The number of aliphatic hydroxyl groups excluding tert-OH is 15. The summed E-state index contributed by atoms with van der Waals surface area (Å²) in [5, 5.41) is 165. The average Bonchev–Trinajstić information content (AvgIpc) is 3.26. The molecule has 0 radical (unpaired) electrons. The van der Waals surface area contributed by atoms with E-state index < -0.39 is 204 Å². The summed E-state index contributed by atoms with van der Waals surface area (Å²) in [6.07, 6.45) is -38.6. The second-order valence-electron chi connectivity index (χ2n) is 16.0. The van der Waals surface area contributed by atoms with E-state index >= 15 is 0 Å². The van der Waals surface area contributed by atoms with E-state index in [4.69, 9.17) is 37.9 Å². The fourth-order valence-electron chi connectivity index (χ4n) is 7.75. The summed E-state index contributed by atoms with van der Waals surface area (Å²) in [5.74, 6) is -2.26. The lowest BCUT2D eigenvalue weighted by Crippen LogP contribution is -2.69. The Labute approximate surface area is 369 Å². The third-order valence-electron chi connectivity index (χ3n) is 11.2. The van der Waals surface area contributed by atoms with Crippen molar-refractivity contribution in [3.63, 3.8) is 0 Å². The number of ether oxygens (including phenoxy) is 8. The molecule has 0 aromatic carbocycles. The molecule has 29 nitrogen and oxygen atoms in total. The highest BCUT2D eigenvalue weighted by molar-refractivity contribution is 5.74. The predicted molar refractivity (Wildman–Crippen MR) is 204 cm³/mol. The number of aliphatic hydroxyl groups is 15. The van der Waals surface area contributed by atoms with Crippen LogP contribution in [0.1, 0.15) is 20.8 Å². The molecule has 18 N–H and O–H groups in total. The number of hydrogen-bond donors (Lipinski definition) is 18. The highest BCUT2D eigenvalue weighted by Gasteiger charge is 2.55. The number of nitrogens with one attached hydrogen (secondary N) is 3. The van der Waals surface area contributed by atoms with Gasteiger partial charge in [-0.3, -0.25) is 14.4 Å². The molecule has 4 fully saturated rings. The second-order valence-corrected chi connectivity index (χ2v) is 16.0. The molecule has 65 heavy (non-hydrogen) atoms. The van der Waals surface area contributed by atoms with Gasteiger partial charge in [0.05, 0.1) is 45.7 Å². The van der Waals surface area contributed by atoms with E-state index in [0.29, 0.717) is 0 Å². The van der Waals surface area contributed by atoms with Crippen LogP contribution in [-0.2, 0) is 52.3 Å². The molecule has 0 aromatic heterocycles. The van der Waals surface area contributed by atoms with Crippen LogP contribution < -0.4 is 16.0 Å². The second kappa shape index (κ2) is 24.7. The highest BCUT2D eigenvalue weighted by Crippen LogP contribution is 2.33. The third kappa shape index (κ3) is 13.2. The molecular formula is C36H63N3O26. The van der Waals surface area contributed by atoms with Crippen LogP contribution in [0.4, 0.5) is 0 Å². The zero-order valence-electron chi connectivity index (χ0n) is 35.3. The first-order valence-electron chi connectivity index (χ1n) is 20.5. The van der Waals surface area contributed by atoms with Gasteiger partial charge in [0.1, 0.15) is 116 Å². The smallest absolute Gasteiger partial charge is 0.217 e. The first-order chi connectivity index (χ1) is 30.6. The SMILES string of the molecule is CC(=O)N[C@H]1[C@H](OC[C@@H](O)[C@H](O)[C@H](O[C@@H]2O[C@H](CO)[C@H](O)[C@H](O)[C@H]2O)[C@H](CO)NC(C)=O)O[C@H](CO)[C@@H](O[C@@H]2O[C@H](CO)[C@H](O[C@H]3O[C@H](CO)[C@@H](O)[C@H](O)[C@H]3NC(C)=O)[C@H](O)[C@H]2O)[C@@H]1O. The zero-order chi connectivity index (χ0) is 48.6. The van der Waals surface area contributed by atoms with Crippen LogP contribution in [0, 0.1) is 0 Å². The van der Waals surface area contributed by atoms with Gasteiger partial charge in [0.15, 0.2) is 25.2 Å². The quantitative estimate of drug-likeness (QED) is 0.0539. The van der Waals surface area contributed by atoms with E-state index in [2.05, 4.69) is 16.0 Å². The van der Waals surface area contributed by atoms with Crippen LogP contribution in [0.3, 0.4) is 0 Å². The number of rotatable bonds is 20. The molecule has 0 aromatic rings.